The van der Waals surface area contributed by atoms with Gasteiger partial charge in [0.15, 0.2) is 0 Å². The van der Waals surface area contributed by atoms with Crippen LogP contribution in [0.5, 0.6) is 0 Å². The van der Waals surface area contributed by atoms with E-state index in [2.05, 4.69) is 15.0 Å². The summed E-state index contributed by atoms with van der Waals surface area (Å²) < 4.78 is 26.6. The molecule has 1 aromatic heterocycles. The molecule has 0 aliphatic rings. The van der Waals surface area contributed by atoms with Gasteiger partial charge in [0.2, 0.25) is 10.0 Å². The van der Waals surface area contributed by atoms with Crippen molar-refractivity contribution in [2.45, 2.75) is 13.0 Å². The van der Waals surface area contributed by atoms with Crippen LogP contribution in [0.1, 0.15) is 6.42 Å². The fourth-order valence-electron chi connectivity index (χ4n) is 1.01. The summed E-state index contributed by atoms with van der Waals surface area (Å²) in [5.41, 5.74) is 5.23. The Bertz CT molecular complexity index is 361. The highest BCUT2D eigenvalue weighted by atomic mass is 32.2. The molecule has 0 saturated carbocycles. The molecule has 0 aliphatic carbocycles. The lowest BCUT2D eigenvalue weighted by Gasteiger charge is -2.05. The Kier molecular flexibility index (Phi) is 4.66. The summed E-state index contributed by atoms with van der Waals surface area (Å²) in [6, 6.07) is 0. The molecule has 0 saturated heterocycles. The molecule has 3 N–H and O–H groups in total. The number of sulfonamides is 1. The molecule has 0 fully saturated rings. The van der Waals surface area contributed by atoms with Crippen LogP contribution >= 0.6 is 0 Å². The topological polar surface area (TPSA) is 103 Å². The second-order valence-electron chi connectivity index (χ2n) is 3.02. The first kappa shape index (κ1) is 12.1. The van der Waals surface area contributed by atoms with E-state index in [0.29, 0.717) is 26.1 Å². The second-order valence-corrected chi connectivity index (χ2v) is 4.95. The van der Waals surface area contributed by atoms with Gasteiger partial charge in [0.05, 0.1) is 18.5 Å². The van der Waals surface area contributed by atoms with Gasteiger partial charge >= 0.3 is 0 Å². The molecule has 0 radical (unpaired) electrons. The van der Waals surface area contributed by atoms with Crippen molar-refractivity contribution >= 4 is 10.0 Å². The van der Waals surface area contributed by atoms with Crippen molar-refractivity contribution in [1.29, 1.82) is 0 Å². The van der Waals surface area contributed by atoms with Gasteiger partial charge in [0, 0.05) is 12.7 Å². The number of nitrogens with zero attached hydrogens (tertiary/aromatic N) is 3. The molecule has 1 rings (SSSR count). The fraction of sp³-hybridized carbons (Fsp3) is 0.714. The lowest BCUT2D eigenvalue weighted by Crippen LogP contribution is -2.30. The van der Waals surface area contributed by atoms with E-state index in [4.69, 9.17) is 5.73 Å². The summed E-state index contributed by atoms with van der Waals surface area (Å²) in [4.78, 5) is 0. The minimum absolute atomic E-state index is 0.0703. The molecule has 0 spiro atoms. The number of aromatic nitrogens is 3. The van der Waals surface area contributed by atoms with Crippen LogP contribution in [0.3, 0.4) is 0 Å². The van der Waals surface area contributed by atoms with Gasteiger partial charge in [-0.2, -0.15) is 0 Å². The first-order chi connectivity index (χ1) is 7.14. The van der Waals surface area contributed by atoms with Crippen molar-refractivity contribution in [3.05, 3.63) is 12.4 Å². The monoisotopic (exact) mass is 233 g/mol. The Morgan fingerprint density at radius 3 is 2.87 bits per heavy atom. The number of hydrogen-bond donors (Lipinski definition) is 2. The predicted octanol–water partition coefficient (Wildman–Crippen LogP) is -1.45. The third-order valence-corrected chi connectivity index (χ3v) is 3.22. The van der Waals surface area contributed by atoms with E-state index in [0.717, 1.165) is 0 Å². The van der Waals surface area contributed by atoms with Gasteiger partial charge in [-0.3, -0.25) is 4.68 Å². The quantitative estimate of drug-likeness (QED) is 0.599. The average molecular weight is 233 g/mol. The zero-order valence-electron chi connectivity index (χ0n) is 8.33. The van der Waals surface area contributed by atoms with Gasteiger partial charge in [-0.15, -0.1) is 5.10 Å². The molecule has 1 heterocycles. The molecular formula is C7H15N5O2S. The van der Waals surface area contributed by atoms with Crippen molar-refractivity contribution in [2.24, 2.45) is 5.73 Å². The Balaban J connectivity index is 2.24. The first-order valence-electron chi connectivity index (χ1n) is 4.65. The third-order valence-electron chi connectivity index (χ3n) is 1.75. The highest BCUT2D eigenvalue weighted by Gasteiger charge is 2.07. The number of nitrogens with two attached hydrogens (primary N) is 1. The lowest BCUT2D eigenvalue weighted by atomic mass is 10.5. The highest BCUT2D eigenvalue weighted by molar-refractivity contribution is 7.89. The molecule has 0 unspecified atom stereocenters. The summed E-state index contributed by atoms with van der Waals surface area (Å²) in [5, 5.41) is 7.32. The van der Waals surface area contributed by atoms with E-state index >= 15 is 0 Å². The largest absolute Gasteiger partial charge is 0.330 e. The molecular weight excluding hydrogens is 218 g/mol. The summed E-state index contributed by atoms with van der Waals surface area (Å²) in [7, 11) is -3.19. The van der Waals surface area contributed by atoms with E-state index in [1.165, 1.54) is 0 Å². The minimum Gasteiger partial charge on any atom is -0.330 e. The zero-order chi connectivity index (χ0) is 11.1. The van der Waals surface area contributed by atoms with Crippen LogP contribution in [0.25, 0.3) is 0 Å². The van der Waals surface area contributed by atoms with Crippen LogP contribution in [0.15, 0.2) is 12.4 Å². The summed E-state index contributed by atoms with van der Waals surface area (Å²) in [6.45, 7) is 1.17. The molecule has 0 aromatic carbocycles. The maximum Gasteiger partial charge on any atom is 0.211 e. The smallest absolute Gasteiger partial charge is 0.211 e. The fourth-order valence-corrected chi connectivity index (χ4v) is 2.11. The molecule has 8 heteroatoms. The molecule has 1 aromatic rings. The van der Waals surface area contributed by atoms with Crippen molar-refractivity contribution in [3.8, 4) is 0 Å². The summed E-state index contributed by atoms with van der Waals surface area (Å²) in [6.07, 6.45) is 3.69. The van der Waals surface area contributed by atoms with E-state index in [9.17, 15) is 8.42 Å². The van der Waals surface area contributed by atoms with Crippen LogP contribution in [-0.2, 0) is 16.6 Å². The summed E-state index contributed by atoms with van der Waals surface area (Å²) >= 11 is 0. The van der Waals surface area contributed by atoms with Crippen LogP contribution in [-0.4, -0.2) is 42.3 Å². The van der Waals surface area contributed by atoms with E-state index in [-0.39, 0.29) is 5.75 Å². The van der Waals surface area contributed by atoms with E-state index in [1.54, 1.807) is 17.1 Å². The molecule has 0 atom stereocenters. The van der Waals surface area contributed by atoms with Gasteiger partial charge in [-0.1, -0.05) is 5.21 Å². The highest BCUT2D eigenvalue weighted by Crippen LogP contribution is 1.88. The van der Waals surface area contributed by atoms with Gasteiger partial charge in [0.25, 0.3) is 0 Å². The molecule has 0 aliphatic heterocycles. The van der Waals surface area contributed by atoms with Crippen molar-refractivity contribution in [2.75, 3.05) is 18.8 Å². The molecule has 7 nitrogen and oxygen atoms in total. The number of rotatable bonds is 7. The Labute approximate surface area is 88.7 Å². The number of nitrogens with one attached hydrogen (secondary N) is 1. The summed E-state index contributed by atoms with van der Waals surface area (Å²) in [5.74, 6) is 0.0703. The average Bonchev–Trinajstić information content (AvgIpc) is 2.67. The van der Waals surface area contributed by atoms with Crippen molar-refractivity contribution in [1.82, 2.24) is 19.7 Å². The molecule has 86 valence electrons. The normalized spacial score (nSPS) is 11.8. The van der Waals surface area contributed by atoms with E-state index in [1.807, 2.05) is 0 Å². The van der Waals surface area contributed by atoms with Gasteiger partial charge in [-0.25, -0.2) is 13.1 Å². The minimum atomic E-state index is -3.19. The standard InChI is InChI=1S/C7H15N5O2S/c8-2-1-7-15(13,14)10-4-6-12-5-3-9-11-12/h3,5,10H,1-2,4,6-8H2. The zero-order valence-corrected chi connectivity index (χ0v) is 9.15. The van der Waals surface area contributed by atoms with Crippen LogP contribution in [0, 0.1) is 0 Å². The van der Waals surface area contributed by atoms with Crippen LogP contribution < -0.4 is 10.5 Å². The Morgan fingerprint density at radius 2 is 2.27 bits per heavy atom. The molecule has 0 bridgehead atoms. The third kappa shape index (κ3) is 4.86. The van der Waals surface area contributed by atoms with Crippen molar-refractivity contribution in [3.63, 3.8) is 0 Å². The SMILES string of the molecule is NCCCS(=O)(=O)NCCn1ccnn1. The van der Waals surface area contributed by atoms with Gasteiger partial charge in [0.1, 0.15) is 0 Å². The van der Waals surface area contributed by atoms with Gasteiger partial charge < -0.3 is 5.73 Å². The first-order valence-corrected chi connectivity index (χ1v) is 6.31. The van der Waals surface area contributed by atoms with Crippen LogP contribution in [0.2, 0.25) is 0 Å². The van der Waals surface area contributed by atoms with Crippen molar-refractivity contribution < 1.29 is 8.42 Å². The lowest BCUT2D eigenvalue weighted by molar-refractivity contribution is 0.551. The number of hydrogen-bond acceptors (Lipinski definition) is 5. The van der Waals surface area contributed by atoms with Crippen LogP contribution in [0.4, 0.5) is 0 Å². The maximum absolute atomic E-state index is 11.3. The van der Waals surface area contributed by atoms with E-state index < -0.39 is 10.0 Å². The Morgan fingerprint density at radius 1 is 1.47 bits per heavy atom. The molecule has 15 heavy (non-hydrogen) atoms. The molecule has 0 amide bonds. The maximum atomic E-state index is 11.3. The second kappa shape index (κ2) is 5.79. The Hall–Kier alpha value is -0.990. The predicted molar refractivity (Wildman–Crippen MR) is 55.5 cm³/mol. The van der Waals surface area contributed by atoms with Gasteiger partial charge in [-0.05, 0) is 13.0 Å².